The Morgan fingerprint density at radius 2 is 1.95 bits per heavy atom. The zero-order valence-corrected chi connectivity index (χ0v) is 11.8. The summed E-state index contributed by atoms with van der Waals surface area (Å²) in [7, 11) is 0. The molecule has 2 aromatic carbocycles. The van der Waals surface area contributed by atoms with Gasteiger partial charge in [0.2, 0.25) is 0 Å². The summed E-state index contributed by atoms with van der Waals surface area (Å²) in [6, 6.07) is 16.1. The second kappa shape index (κ2) is 5.98. The average molecular weight is 283 g/mol. The van der Waals surface area contributed by atoms with E-state index in [0.717, 1.165) is 28.3 Å². The van der Waals surface area contributed by atoms with Gasteiger partial charge in [-0.2, -0.15) is 0 Å². The van der Waals surface area contributed by atoms with E-state index in [9.17, 15) is 0 Å². The molecule has 0 saturated carbocycles. The molecule has 1 aliphatic rings. The molecule has 0 unspecified atom stereocenters. The molecule has 0 radical (unpaired) electrons. The van der Waals surface area contributed by atoms with Crippen molar-refractivity contribution in [3.05, 3.63) is 82.4 Å². The topological polar surface area (TPSA) is 9.23 Å². The summed E-state index contributed by atoms with van der Waals surface area (Å²) in [4.78, 5) is 0. The third kappa shape index (κ3) is 3.12. The van der Waals surface area contributed by atoms with Crippen molar-refractivity contribution in [1.82, 2.24) is 0 Å². The largest absolute Gasteiger partial charge is 0.488 e. The fourth-order valence-electron chi connectivity index (χ4n) is 2.22. The second-order valence-corrected chi connectivity index (χ2v) is 5.22. The molecule has 2 heteroatoms. The Labute approximate surface area is 124 Å². The van der Waals surface area contributed by atoms with Crippen LogP contribution < -0.4 is 4.74 Å². The van der Waals surface area contributed by atoms with Gasteiger partial charge >= 0.3 is 0 Å². The van der Waals surface area contributed by atoms with Gasteiger partial charge in [-0.1, -0.05) is 54.1 Å². The fraction of sp³-hybridized carbons (Fsp3) is 0.111. The van der Waals surface area contributed by atoms with Gasteiger partial charge in [0, 0.05) is 10.6 Å². The van der Waals surface area contributed by atoms with Crippen molar-refractivity contribution in [3.8, 4) is 5.75 Å². The maximum absolute atomic E-state index is 6.01. The van der Waals surface area contributed by atoms with Crippen LogP contribution >= 0.6 is 11.6 Å². The van der Waals surface area contributed by atoms with Crippen LogP contribution in [0.4, 0.5) is 0 Å². The van der Waals surface area contributed by atoms with Gasteiger partial charge in [-0.3, -0.25) is 0 Å². The molecule has 2 aromatic rings. The predicted molar refractivity (Wildman–Crippen MR) is 84.2 cm³/mol. The van der Waals surface area contributed by atoms with E-state index in [1.165, 1.54) is 5.56 Å². The minimum absolute atomic E-state index is 0.611. The van der Waals surface area contributed by atoms with Crippen LogP contribution in [0.3, 0.4) is 0 Å². The Morgan fingerprint density at radius 3 is 2.80 bits per heavy atom. The Balaban J connectivity index is 1.72. The van der Waals surface area contributed by atoms with E-state index in [1.807, 2.05) is 24.3 Å². The van der Waals surface area contributed by atoms with Gasteiger partial charge in [-0.05, 0) is 41.8 Å². The summed E-state index contributed by atoms with van der Waals surface area (Å²) in [6.45, 7) is 0.611. The van der Waals surface area contributed by atoms with Crippen molar-refractivity contribution in [2.75, 3.05) is 6.61 Å². The number of allylic oxidation sites excluding steroid dienone is 1. The quantitative estimate of drug-likeness (QED) is 0.777. The van der Waals surface area contributed by atoms with Gasteiger partial charge in [-0.15, -0.1) is 0 Å². The molecule has 0 atom stereocenters. The Hall–Kier alpha value is -1.99. The minimum atomic E-state index is 0.611. The summed E-state index contributed by atoms with van der Waals surface area (Å²) in [6.07, 6.45) is 7.35. The second-order valence-electron chi connectivity index (χ2n) is 4.78. The average Bonchev–Trinajstić information content (AvgIpc) is 2.48. The molecule has 0 N–H and O–H groups in total. The summed E-state index contributed by atoms with van der Waals surface area (Å²) >= 11 is 6.01. The van der Waals surface area contributed by atoms with Crippen molar-refractivity contribution in [2.45, 2.75) is 6.42 Å². The van der Waals surface area contributed by atoms with E-state index < -0.39 is 0 Å². The summed E-state index contributed by atoms with van der Waals surface area (Å²) in [5, 5.41) is 0.734. The molecule has 0 saturated heterocycles. The van der Waals surface area contributed by atoms with Crippen molar-refractivity contribution in [1.29, 1.82) is 0 Å². The van der Waals surface area contributed by atoms with E-state index in [1.54, 1.807) is 0 Å². The zero-order valence-electron chi connectivity index (χ0n) is 11.1. The number of hydrogen-bond acceptors (Lipinski definition) is 1. The number of ether oxygens (including phenoxy) is 1. The summed E-state index contributed by atoms with van der Waals surface area (Å²) in [5.74, 6) is 0.898. The van der Waals surface area contributed by atoms with Crippen molar-refractivity contribution in [3.63, 3.8) is 0 Å². The number of halogens is 1. The molecular weight excluding hydrogens is 268 g/mol. The molecule has 3 rings (SSSR count). The van der Waals surface area contributed by atoms with Gasteiger partial charge in [0.1, 0.15) is 12.4 Å². The van der Waals surface area contributed by atoms with Gasteiger partial charge < -0.3 is 4.74 Å². The molecular formula is C18H15ClO. The van der Waals surface area contributed by atoms with Crippen LogP contribution in [0.15, 0.2) is 66.3 Å². The van der Waals surface area contributed by atoms with Gasteiger partial charge in [0.15, 0.2) is 0 Å². The highest BCUT2D eigenvalue weighted by Gasteiger charge is 2.09. The Bertz CT molecular complexity index is 656. The summed E-state index contributed by atoms with van der Waals surface area (Å²) < 4.78 is 5.72. The first-order chi connectivity index (χ1) is 9.81. The third-order valence-corrected chi connectivity index (χ3v) is 3.47. The molecule has 0 bridgehead atoms. The first-order valence-corrected chi connectivity index (χ1v) is 7.02. The number of rotatable bonds is 3. The monoisotopic (exact) mass is 282 g/mol. The molecule has 0 fully saturated rings. The van der Waals surface area contributed by atoms with Gasteiger partial charge in [-0.25, -0.2) is 0 Å². The van der Waals surface area contributed by atoms with E-state index >= 15 is 0 Å². The van der Waals surface area contributed by atoms with Gasteiger partial charge in [0.25, 0.3) is 0 Å². The summed E-state index contributed by atoms with van der Waals surface area (Å²) in [5.41, 5.74) is 3.52. The molecule has 0 spiro atoms. The number of hydrogen-bond donors (Lipinski definition) is 0. The first kappa shape index (κ1) is 13.0. The highest BCUT2D eigenvalue weighted by Crippen LogP contribution is 2.29. The lowest BCUT2D eigenvalue weighted by molar-refractivity contribution is 0.351. The van der Waals surface area contributed by atoms with Crippen molar-refractivity contribution < 1.29 is 4.74 Å². The molecule has 20 heavy (non-hydrogen) atoms. The highest BCUT2D eigenvalue weighted by molar-refractivity contribution is 6.30. The molecule has 1 nitrogen and oxygen atoms in total. The van der Waals surface area contributed by atoms with Crippen LogP contribution in [-0.2, 0) is 6.42 Å². The number of fused-ring (bicyclic) bond motifs is 1. The van der Waals surface area contributed by atoms with Crippen LogP contribution in [0.5, 0.6) is 5.75 Å². The van der Waals surface area contributed by atoms with Crippen LogP contribution in [-0.4, -0.2) is 6.61 Å². The Morgan fingerprint density at radius 1 is 1.10 bits per heavy atom. The van der Waals surface area contributed by atoms with Crippen molar-refractivity contribution >= 4 is 17.7 Å². The predicted octanol–water partition coefficient (Wildman–Crippen LogP) is 4.91. The van der Waals surface area contributed by atoms with E-state index in [4.69, 9.17) is 16.3 Å². The van der Waals surface area contributed by atoms with E-state index in [-0.39, 0.29) is 0 Å². The maximum Gasteiger partial charge on any atom is 0.127 e. The lowest BCUT2D eigenvalue weighted by Gasteiger charge is -2.16. The lowest BCUT2D eigenvalue weighted by atomic mass is 10.1. The SMILES string of the molecule is Clc1ccc2c(c1)C=C(/C=C/Cc1ccccc1)CO2. The molecule has 0 aliphatic carbocycles. The van der Waals surface area contributed by atoms with Crippen LogP contribution in [0.1, 0.15) is 11.1 Å². The van der Waals surface area contributed by atoms with E-state index in [0.29, 0.717) is 6.61 Å². The highest BCUT2D eigenvalue weighted by atomic mass is 35.5. The smallest absolute Gasteiger partial charge is 0.127 e. The van der Waals surface area contributed by atoms with Crippen LogP contribution in [0, 0.1) is 0 Å². The fourth-order valence-corrected chi connectivity index (χ4v) is 2.40. The maximum atomic E-state index is 6.01. The van der Waals surface area contributed by atoms with Gasteiger partial charge in [0.05, 0.1) is 0 Å². The normalized spacial score (nSPS) is 13.8. The number of benzene rings is 2. The van der Waals surface area contributed by atoms with Crippen LogP contribution in [0.25, 0.3) is 6.08 Å². The van der Waals surface area contributed by atoms with Crippen LogP contribution in [0.2, 0.25) is 5.02 Å². The molecule has 100 valence electrons. The van der Waals surface area contributed by atoms with E-state index in [2.05, 4.69) is 42.5 Å². The minimum Gasteiger partial charge on any atom is -0.488 e. The molecule has 0 aromatic heterocycles. The Kier molecular flexibility index (Phi) is 3.89. The standard InChI is InChI=1S/C18H15ClO/c19-17-9-10-18-16(12-17)11-15(13-20-18)8-4-7-14-5-2-1-3-6-14/h1-6,8-12H,7,13H2/b8-4+. The molecule has 1 aliphatic heterocycles. The van der Waals surface area contributed by atoms with Crippen molar-refractivity contribution in [2.24, 2.45) is 0 Å². The zero-order chi connectivity index (χ0) is 13.8. The lowest BCUT2D eigenvalue weighted by Crippen LogP contribution is -2.05. The first-order valence-electron chi connectivity index (χ1n) is 6.65. The molecule has 0 amide bonds. The third-order valence-electron chi connectivity index (χ3n) is 3.24. The molecule has 1 heterocycles.